The fourth-order valence-corrected chi connectivity index (χ4v) is 3.90. The van der Waals surface area contributed by atoms with Crippen molar-refractivity contribution in [3.63, 3.8) is 0 Å². The van der Waals surface area contributed by atoms with E-state index in [1.807, 2.05) is 36.9 Å². The molecule has 2 aliphatic rings. The van der Waals surface area contributed by atoms with E-state index in [2.05, 4.69) is 28.9 Å². The Morgan fingerprint density at radius 1 is 1.08 bits per heavy atom. The Hall–Kier alpha value is -2.56. The standard InChI is InChI=1S/C21H25N3O2/c1-14-10-19(11-15(2)22-14)23-6-8-24(9-7-23)21(25)17-4-5-20-18(13-17)12-16(3)26-20/h4-5,10-11,13,16H,6-9,12H2,1-3H3/t16-/m1/s1. The molecule has 1 aromatic carbocycles. The zero-order valence-corrected chi connectivity index (χ0v) is 15.7. The van der Waals surface area contributed by atoms with Crippen LogP contribution in [-0.2, 0) is 6.42 Å². The zero-order chi connectivity index (χ0) is 18.3. The van der Waals surface area contributed by atoms with E-state index < -0.39 is 0 Å². The molecule has 0 radical (unpaired) electrons. The molecule has 4 rings (SSSR count). The first-order chi connectivity index (χ1) is 12.5. The van der Waals surface area contributed by atoms with Gasteiger partial charge in [-0.15, -0.1) is 0 Å². The van der Waals surface area contributed by atoms with Gasteiger partial charge in [0.05, 0.1) is 0 Å². The summed E-state index contributed by atoms with van der Waals surface area (Å²) < 4.78 is 5.73. The van der Waals surface area contributed by atoms with Gasteiger partial charge >= 0.3 is 0 Å². The first-order valence-electron chi connectivity index (χ1n) is 9.29. The highest BCUT2D eigenvalue weighted by Gasteiger charge is 2.25. The van der Waals surface area contributed by atoms with Gasteiger partial charge in [0.1, 0.15) is 11.9 Å². The molecule has 2 aliphatic heterocycles. The number of benzene rings is 1. The molecule has 0 spiro atoms. The Bertz CT molecular complexity index is 821. The number of pyridine rings is 1. The number of piperazine rings is 1. The predicted octanol–water partition coefficient (Wildman–Crippen LogP) is 2.98. The molecule has 3 heterocycles. The van der Waals surface area contributed by atoms with Gasteiger partial charge in [-0.1, -0.05) is 0 Å². The summed E-state index contributed by atoms with van der Waals surface area (Å²) >= 11 is 0. The number of fused-ring (bicyclic) bond motifs is 1. The van der Waals surface area contributed by atoms with Gasteiger partial charge in [-0.25, -0.2) is 0 Å². The minimum absolute atomic E-state index is 0.120. The van der Waals surface area contributed by atoms with Crippen LogP contribution in [-0.4, -0.2) is 48.1 Å². The van der Waals surface area contributed by atoms with Crippen molar-refractivity contribution in [2.24, 2.45) is 0 Å². The van der Waals surface area contributed by atoms with Crippen molar-refractivity contribution >= 4 is 11.6 Å². The number of ether oxygens (including phenoxy) is 1. The Morgan fingerprint density at radius 3 is 2.46 bits per heavy atom. The maximum absolute atomic E-state index is 12.9. The number of anilines is 1. The van der Waals surface area contributed by atoms with E-state index in [1.54, 1.807) is 0 Å². The number of rotatable bonds is 2. The van der Waals surface area contributed by atoms with E-state index in [-0.39, 0.29) is 12.0 Å². The molecule has 5 nitrogen and oxygen atoms in total. The summed E-state index contributed by atoms with van der Waals surface area (Å²) in [6.45, 7) is 9.28. The summed E-state index contributed by atoms with van der Waals surface area (Å²) in [5.41, 5.74) is 5.18. The molecule has 136 valence electrons. The topological polar surface area (TPSA) is 45.7 Å². The quantitative estimate of drug-likeness (QED) is 0.834. The van der Waals surface area contributed by atoms with E-state index in [9.17, 15) is 4.79 Å². The summed E-state index contributed by atoms with van der Waals surface area (Å²) in [6, 6.07) is 10.1. The van der Waals surface area contributed by atoms with Crippen molar-refractivity contribution in [3.8, 4) is 5.75 Å². The van der Waals surface area contributed by atoms with Crippen LogP contribution in [0.25, 0.3) is 0 Å². The summed E-state index contributed by atoms with van der Waals surface area (Å²) in [7, 11) is 0. The van der Waals surface area contributed by atoms with Gasteiger partial charge in [0.15, 0.2) is 0 Å². The Labute approximate surface area is 154 Å². The largest absolute Gasteiger partial charge is 0.490 e. The molecular weight excluding hydrogens is 326 g/mol. The molecule has 0 unspecified atom stereocenters. The molecule has 0 aliphatic carbocycles. The third kappa shape index (κ3) is 3.26. The average molecular weight is 351 g/mol. The highest BCUT2D eigenvalue weighted by atomic mass is 16.5. The predicted molar refractivity (Wildman–Crippen MR) is 102 cm³/mol. The summed E-state index contributed by atoms with van der Waals surface area (Å²) in [4.78, 5) is 21.6. The number of amides is 1. The van der Waals surface area contributed by atoms with E-state index in [1.165, 1.54) is 5.69 Å². The van der Waals surface area contributed by atoms with Gasteiger partial charge < -0.3 is 14.5 Å². The second-order valence-corrected chi connectivity index (χ2v) is 7.34. The van der Waals surface area contributed by atoms with Crippen molar-refractivity contribution < 1.29 is 9.53 Å². The van der Waals surface area contributed by atoms with Crippen molar-refractivity contribution in [2.45, 2.75) is 33.3 Å². The first-order valence-corrected chi connectivity index (χ1v) is 9.29. The smallest absolute Gasteiger partial charge is 0.253 e. The van der Waals surface area contributed by atoms with Crippen molar-refractivity contribution in [2.75, 3.05) is 31.1 Å². The van der Waals surface area contributed by atoms with Gasteiger partial charge in [-0.2, -0.15) is 0 Å². The molecule has 26 heavy (non-hydrogen) atoms. The average Bonchev–Trinajstić information content (AvgIpc) is 2.99. The number of nitrogens with zero attached hydrogens (tertiary/aromatic N) is 3. The maximum atomic E-state index is 12.9. The lowest BCUT2D eigenvalue weighted by molar-refractivity contribution is 0.0746. The van der Waals surface area contributed by atoms with Crippen molar-refractivity contribution in [1.29, 1.82) is 0 Å². The third-order valence-electron chi connectivity index (χ3n) is 5.14. The van der Waals surface area contributed by atoms with Gasteiger partial charge in [0.2, 0.25) is 0 Å². The normalized spacial score (nSPS) is 19.3. The molecule has 1 aromatic heterocycles. The summed E-state index contributed by atoms with van der Waals surface area (Å²) in [5, 5.41) is 0. The van der Waals surface area contributed by atoms with Gasteiger partial charge in [0.25, 0.3) is 5.91 Å². The SMILES string of the molecule is Cc1cc(N2CCN(C(=O)c3ccc4c(c3)C[C@@H](C)O4)CC2)cc(C)n1. The fraction of sp³-hybridized carbons (Fsp3) is 0.429. The molecule has 0 N–H and O–H groups in total. The van der Waals surface area contributed by atoms with Gasteiger partial charge in [-0.3, -0.25) is 9.78 Å². The molecule has 1 fully saturated rings. The van der Waals surface area contributed by atoms with Crippen molar-refractivity contribution in [1.82, 2.24) is 9.88 Å². The number of aromatic nitrogens is 1. The van der Waals surface area contributed by atoms with Crippen molar-refractivity contribution in [3.05, 3.63) is 52.8 Å². The van der Waals surface area contributed by atoms with Crippen LogP contribution in [0.2, 0.25) is 0 Å². The molecule has 0 bridgehead atoms. The third-order valence-corrected chi connectivity index (χ3v) is 5.14. The molecule has 1 saturated heterocycles. The van der Waals surface area contributed by atoms with Gasteiger partial charge in [-0.05, 0) is 56.7 Å². The van der Waals surface area contributed by atoms with Crippen LogP contribution in [0.5, 0.6) is 5.75 Å². The second-order valence-electron chi connectivity index (χ2n) is 7.34. The highest BCUT2D eigenvalue weighted by Crippen LogP contribution is 2.30. The lowest BCUT2D eigenvalue weighted by Crippen LogP contribution is -2.48. The molecule has 5 heteroatoms. The molecule has 1 amide bonds. The summed E-state index contributed by atoms with van der Waals surface area (Å²) in [6.07, 6.45) is 1.08. The molecule has 2 aromatic rings. The van der Waals surface area contributed by atoms with Crippen LogP contribution < -0.4 is 9.64 Å². The van der Waals surface area contributed by atoms with Gasteiger partial charge in [0, 0.05) is 55.2 Å². The molecule has 1 atom stereocenters. The monoisotopic (exact) mass is 351 g/mol. The van der Waals surface area contributed by atoms with Crippen LogP contribution in [0.1, 0.15) is 34.2 Å². The Balaban J connectivity index is 1.43. The summed E-state index contributed by atoms with van der Waals surface area (Å²) in [5.74, 6) is 1.04. The van der Waals surface area contributed by atoms with E-state index in [0.717, 1.165) is 60.9 Å². The number of aryl methyl sites for hydroxylation is 2. The minimum Gasteiger partial charge on any atom is -0.490 e. The Morgan fingerprint density at radius 2 is 1.77 bits per heavy atom. The number of hydrogen-bond acceptors (Lipinski definition) is 4. The lowest BCUT2D eigenvalue weighted by Gasteiger charge is -2.36. The van der Waals surface area contributed by atoms with E-state index in [4.69, 9.17) is 4.74 Å². The number of carbonyl (C=O) groups excluding carboxylic acids is 1. The molecular formula is C21H25N3O2. The van der Waals surface area contributed by atoms with Crippen LogP contribution in [0.3, 0.4) is 0 Å². The Kier molecular flexibility index (Phi) is 4.31. The highest BCUT2D eigenvalue weighted by molar-refractivity contribution is 5.94. The van der Waals surface area contributed by atoms with Crippen LogP contribution >= 0.6 is 0 Å². The number of hydrogen-bond donors (Lipinski definition) is 0. The van der Waals surface area contributed by atoms with E-state index in [0.29, 0.717) is 0 Å². The lowest BCUT2D eigenvalue weighted by atomic mass is 10.1. The second kappa shape index (κ2) is 6.63. The number of carbonyl (C=O) groups is 1. The van der Waals surface area contributed by atoms with Crippen LogP contribution in [0.4, 0.5) is 5.69 Å². The van der Waals surface area contributed by atoms with Crippen LogP contribution in [0.15, 0.2) is 30.3 Å². The zero-order valence-electron chi connectivity index (χ0n) is 15.7. The first kappa shape index (κ1) is 16.9. The van der Waals surface area contributed by atoms with Crippen LogP contribution in [0, 0.1) is 13.8 Å². The minimum atomic E-state index is 0.120. The maximum Gasteiger partial charge on any atom is 0.253 e. The fourth-order valence-electron chi connectivity index (χ4n) is 3.90. The molecule has 0 saturated carbocycles. The van der Waals surface area contributed by atoms with E-state index >= 15 is 0 Å².